The summed E-state index contributed by atoms with van der Waals surface area (Å²) in [6.45, 7) is 7.60. The molecular formula is C25H28N4O2S. The van der Waals surface area contributed by atoms with Crippen LogP contribution in [-0.4, -0.2) is 40.4 Å². The Balaban J connectivity index is 1.77. The average molecular weight is 449 g/mol. The Hall–Kier alpha value is -3.03. The Morgan fingerprint density at radius 2 is 1.88 bits per heavy atom. The summed E-state index contributed by atoms with van der Waals surface area (Å²) in [5.41, 5.74) is 6.33. The van der Waals surface area contributed by atoms with Crippen molar-refractivity contribution in [3.63, 3.8) is 0 Å². The monoisotopic (exact) mass is 448 g/mol. The Morgan fingerprint density at radius 3 is 2.59 bits per heavy atom. The maximum atomic E-state index is 5.80. The van der Waals surface area contributed by atoms with E-state index in [1.165, 1.54) is 5.56 Å². The van der Waals surface area contributed by atoms with Gasteiger partial charge in [-0.2, -0.15) is 4.98 Å². The first-order valence-electron chi connectivity index (χ1n) is 10.7. The van der Waals surface area contributed by atoms with Gasteiger partial charge in [0.05, 0.1) is 11.6 Å². The molecule has 1 atom stereocenters. The Kier molecular flexibility index (Phi) is 6.67. The van der Waals surface area contributed by atoms with Crippen molar-refractivity contribution < 1.29 is 9.26 Å². The van der Waals surface area contributed by atoms with Crippen LogP contribution in [0.15, 0.2) is 58.8 Å². The summed E-state index contributed by atoms with van der Waals surface area (Å²) >= 11 is 5.73. The first-order chi connectivity index (χ1) is 15.5. The van der Waals surface area contributed by atoms with Crippen LogP contribution in [0.25, 0.3) is 17.0 Å². The molecule has 1 aliphatic rings. The van der Waals surface area contributed by atoms with Gasteiger partial charge in [-0.15, -0.1) is 0 Å². The van der Waals surface area contributed by atoms with Crippen molar-refractivity contribution in [1.82, 2.24) is 20.4 Å². The zero-order valence-corrected chi connectivity index (χ0v) is 19.7. The molecule has 0 amide bonds. The molecule has 2 aromatic carbocycles. The van der Waals surface area contributed by atoms with Crippen LogP contribution in [-0.2, 0) is 4.74 Å². The van der Waals surface area contributed by atoms with Crippen LogP contribution in [0, 0.1) is 13.8 Å². The number of allylic oxidation sites excluding steroid dienone is 1. The number of ether oxygens (including phenoxy) is 1. The number of nitrogens with one attached hydrogen (secondary N) is 1. The highest BCUT2D eigenvalue weighted by Gasteiger charge is 2.33. The van der Waals surface area contributed by atoms with E-state index in [9.17, 15) is 0 Å². The fraction of sp³-hybridized carbons (Fsp3) is 0.320. The Labute approximate surface area is 194 Å². The standard InChI is InChI=1S/C25H28N4O2S/c1-16-9-11-19(12-10-16)22-21(18(3)29(25(32)26-22)13-6-14-30-4)24-27-23(28-31-24)20-8-5-7-17(2)15-20/h5,7-12,15,22H,6,13-14H2,1-4H3,(H,26,32). The number of hydrogen-bond donors (Lipinski definition) is 1. The second kappa shape index (κ2) is 9.63. The second-order valence-electron chi connectivity index (χ2n) is 8.08. The summed E-state index contributed by atoms with van der Waals surface area (Å²) in [6.07, 6.45) is 0.858. The van der Waals surface area contributed by atoms with E-state index in [1.54, 1.807) is 7.11 Å². The molecule has 0 bridgehead atoms. The minimum absolute atomic E-state index is 0.174. The smallest absolute Gasteiger partial charge is 0.258 e. The quantitative estimate of drug-likeness (QED) is 0.401. The lowest BCUT2D eigenvalue weighted by Gasteiger charge is -2.37. The summed E-state index contributed by atoms with van der Waals surface area (Å²) in [7, 11) is 1.71. The minimum atomic E-state index is -0.174. The number of aryl methyl sites for hydroxylation is 2. The highest BCUT2D eigenvalue weighted by Crippen LogP contribution is 2.37. The molecule has 1 aromatic heterocycles. The second-order valence-corrected chi connectivity index (χ2v) is 8.47. The molecule has 0 saturated heterocycles. The molecule has 0 radical (unpaired) electrons. The zero-order valence-electron chi connectivity index (χ0n) is 18.9. The highest BCUT2D eigenvalue weighted by atomic mass is 32.1. The van der Waals surface area contributed by atoms with Gasteiger partial charge in [0.25, 0.3) is 5.89 Å². The number of nitrogens with zero attached hydrogens (tertiary/aromatic N) is 3. The van der Waals surface area contributed by atoms with E-state index in [4.69, 9.17) is 26.5 Å². The van der Waals surface area contributed by atoms with Crippen LogP contribution in [0.3, 0.4) is 0 Å². The van der Waals surface area contributed by atoms with Crippen LogP contribution in [0.5, 0.6) is 0 Å². The number of benzene rings is 2. The van der Waals surface area contributed by atoms with E-state index < -0.39 is 0 Å². The van der Waals surface area contributed by atoms with Gasteiger partial charge >= 0.3 is 0 Å². The van der Waals surface area contributed by atoms with Crippen molar-refractivity contribution in [3.8, 4) is 11.4 Å². The predicted octanol–water partition coefficient (Wildman–Crippen LogP) is 5.05. The first kappa shape index (κ1) is 22.2. The van der Waals surface area contributed by atoms with Crippen LogP contribution >= 0.6 is 12.2 Å². The molecule has 1 aliphatic heterocycles. The lowest BCUT2D eigenvalue weighted by molar-refractivity contribution is 0.188. The third-order valence-corrected chi connectivity index (χ3v) is 6.01. The Bertz CT molecular complexity index is 1140. The Morgan fingerprint density at radius 1 is 1.09 bits per heavy atom. The molecule has 0 aliphatic carbocycles. The van der Waals surface area contributed by atoms with Crippen LogP contribution in [0.1, 0.15) is 42.0 Å². The van der Waals surface area contributed by atoms with Crippen molar-refractivity contribution in [2.45, 2.75) is 33.2 Å². The minimum Gasteiger partial charge on any atom is -0.385 e. The number of hydrogen-bond acceptors (Lipinski definition) is 5. The third-order valence-electron chi connectivity index (χ3n) is 5.67. The van der Waals surface area contributed by atoms with Gasteiger partial charge in [0.2, 0.25) is 5.82 Å². The molecule has 1 N–H and O–H groups in total. The maximum absolute atomic E-state index is 5.80. The van der Waals surface area contributed by atoms with Crippen molar-refractivity contribution >= 4 is 22.9 Å². The number of aromatic nitrogens is 2. The molecule has 0 fully saturated rings. The van der Waals surface area contributed by atoms with Gasteiger partial charge < -0.3 is 19.5 Å². The van der Waals surface area contributed by atoms with Crippen LogP contribution in [0.2, 0.25) is 0 Å². The van der Waals surface area contributed by atoms with Crippen LogP contribution in [0.4, 0.5) is 0 Å². The number of methoxy groups -OCH3 is 1. The normalized spacial score (nSPS) is 16.4. The molecule has 1 unspecified atom stereocenters. The fourth-order valence-corrected chi connectivity index (χ4v) is 4.28. The number of rotatable bonds is 7. The molecule has 2 heterocycles. The van der Waals surface area contributed by atoms with Gasteiger partial charge in [-0.05, 0) is 51.0 Å². The lowest BCUT2D eigenvalue weighted by Crippen LogP contribution is -2.46. The van der Waals surface area contributed by atoms with Crippen molar-refractivity contribution in [1.29, 1.82) is 0 Å². The maximum Gasteiger partial charge on any atom is 0.258 e. The fourth-order valence-electron chi connectivity index (χ4n) is 3.94. The summed E-state index contributed by atoms with van der Waals surface area (Å²) in [4.78, 5) is 6.86. The molecule has 3 aromatic rings. The molecule has 6 nitrogen and oxygen atoms in total. The summed E-state index contributed by atoms with van der Waals surface area (Å²) in [5.74, 6) is 1.07. The van der Waals surface area contributed by atoms with E-state index >= 15 is 0 Å². The largest absolute Gasteiger partial charge is 0.385 e. The lowest BCUT2D eigenvalue weighted by atomic mass is 9.94. The van der Waals surface area contributed by atoms with E-state index in [2.05, 4.69) is 72.5 Å². The van der Waals surface area contributed by atoms with E-state index in [0.717, 1.165) is 40.9 Å². The average Bonchev–Trinajstić information content (AvgIpc) is 3.26. The number of thiocarbonyl (C=S) groups is 1. The van der Waals surface area contributed by atoms with E-state index in [1.807, 2.05) is 12.1 Å². The molecule has 0 saturated carbocycles. The van der Waals surface area contributed by atoms with Gasteiger partial charge in [0, 0.05) is 31.5 Å². The zero-order chi connectivity index (χ0) is 22.7. The summed E-state index contributed by atoms with van der Waals surface area (Å²) < 4.78 is 11.0. The molecule has 32 heavy (non-hydrogen) atoms. The van der Waals surface area contributed by atoms with E-state index in [-0.39, 0.29) is 6.04 Å². The third kappa shape index (κ3) is 4.59. The van der Waals surface area contributed by atoms with Gasteiger partial charge in [0.1, 0.15) is 0 Å². The van der Waals surface area contributed by atoms with Gasteiger partial charge in [-0.1, -0.05) is 58.7 Å². The SMILES string of the molecule is COCCCN1C(=S)NC(c2ccc(C)cc2)C(c2nc(-c3cccc(C)c3)no2)=C1C. The van der Waals surface area contributed by atoms with E-state index in [0.29, 0.717) is 23.4 Å². The highest BCUT2D eigenvalue weighted by molar-refractivity contribution is 7.80. The molecular weight excluding hydrogens is 420 g/mol. The van der Waals surface area contributed by atoms with Gasteiger partial charge in [-0.25, -0.2) is 0 Å². The molecule has 7 heteroatoms. The topological polar surface area (TPSA) is 63.4 Å². The van der Waals surface area contributed by atoms with Gasteiger partial charge in [0.15, 0.2) is 5.11 Å². The van der Waals surface area contributed by atoms with Gasteiger partial charge in [-0.3, -0.25) is 0 Å². The summed E-state index contributed by atoms with van der Waals surface area (Å²) in [6, 6.07) is 16.3. The van der Waals surface area contributed by atoms with Crippen molar-refractivity contribution in [3.05, 3.63) is 76.8 Å². The van der Waals surface area contributed by atoms with Crippen molar-refractivity contribution in [2.75, 3.05) is 20.3 Å². The first-order valence-corrected chi connectivity index (χ1v) is 11.1. The predicted molar refractivity (Wildman–Crippen MR) is 130 cm³/mol. The summed E-state index contributed by atoms with van der Waals surface area (Å²) in [5, 5.41) is 8.46. The van der Waals surface area contributed by atoms with Crippen molar-refractivity contribution in [2.24, 2.45) is 0 Å². The molecule has 0 spiro atoms. The molecule has 166 valence electrons. The van der Waals surface area contributed by atoms with Crippen LogP contribution < -0.4 is 5.32 Å². The molecule has 4 rings (SSSR count).